The van der Waals surface area contributed by atoms with Crippen LogP contribution in [-0.2, 0) is 11.4 Å². The number of carbonyl (C=O) groups excluding carboxylic acids is 1. The van der Waals surface area contributed by atoms with Gasteiger partial charge in [0.05, 0.1) is 7.11 Å². The first kappa shape index (κ1) is 21.5. The summed E-state index contributed by atoms with van der Waals surface area (Å²) in [5, 5.41) is 3.59. The Morgan fingerprint density at radius 2 is 1.77 bits per heavy atom. The van der Waals surface area contributed by atoms with Crippen LogP contribution < -0.4 is 14.8 Å². The first-order valence-corrected chi connectivity index (χ1v) is 9.94. The van der Waals surface area contributed by atoms with E-state index < -0.39 is 0 Å². The van der Waals surface area contributed by atoms with Gasteiger partial charge in [-0.2, -0.15) is 0 Å². The van der Waals surface area contributed by atoms with E-state index in [0.29, 0.717) is 23.1 Å². The van der Waals surface area contributed by atoms with Crippen LogP contribution in [0.4, 0.5) is 5.69 Å². The number of hydrogen-bond donors (Lipinski definition) is 1. The van der Waals surface area contributed by atoms with E-state index in [9.17, 15) is 4.79 Å². The Morgan fingerprint density at radius 3 is 2.47 bits per heavy atom. The van der Waals surface area contributed by atoms with E-state index in [4.69, 9.17) is 21.1 Å². The van der Waals surface area contributed by atoms with Crippen molar-refractivity contribution in [3.8, 4) is 11.5 Å². The maximum absolute atomic E-state index is 12.3. The molecule has 0 aliphatic heterocycles. The molecule has 0 saturated carbocycles. The first-order chi connectivity index (χ1) is 14.4. The van der Waals surface area contributed by atoms with Crippen molar-refractivity contribution in [1.29, 1.82) is 0 Å². The van der Waals surface area contributed by atoms with Gasteiger partial charge < -0.3 is 14.8 Å². The summed E-state index contributed by atoms with van der Waals surface area (Å²) in [5.41, 5.74) is 4.83. The summed E-state index contributed by atoms with van der Waals surface area (Å²) in [6.45, 7) is 4.40. The molecule has 5 heteroatoms. The van der Waals surface area contributed by atoms with Gasteiger partial charge in [-0.1, -0.05) is 47.5 Å². The highest BCUT2D eigenvalue weighted by Crippen LogP contribution is 2.29. The fraction of sp³-hybridized carbons (Fsp3) is 0.160. The molecule has 3 aromatic rings. The predicted molar refractivity (Wildman–Crippen MR) is 122 cm³/mol. The van der Waals surface area contributed by atoms with Crippen LogP contribution in [0, 0.1) is 13.8 Å². The Morgan fingerprint density at radius 1 is 1.00 bits per heavy atom. The average Bonchev–Trinajstić information content (AvgIpc) is 2.74. The Bertz CT molecular complexity index is 1060. The summed E-state index contributed by atoms with van der Waals surface area (Å²) < 4.78 is 11.3. The molecule has 0 fully saturated rings. The summed E-state index contributed by atoms with van der Waals surface area (Å²) in [6.07, 6.45) is 3.24. The van der Waals surface area contributed by atoms with Crippen molar-refractivity contribution >= 4 is 29.3 Å². The van der Waals surface area contributed by atoms with Crippen LogP contribution >= 0.6 is 11.6 Å². The third-order valence-corrected chi connectivity index (χ3v) is 4.81. The topological polar surface area (TPSA) is 47.6 Å². The lowest BCUT2D eigenvalue weighted by molar-refractivity contribution is -0.111. The molecule has 3 rings (SSSR count). The van der Waals surface area contributed by atoms with Gasteiger partial charge in [0.2, 0.25) is 5.91 Å². The number of rotatable bonds is 7. The Labute approximate surface area is 182 Å². The quantitative estimate of drug-likeness (QED) is 0.462. The van der Waals surface area contributed by atoms with Crippen molar-refractivity contribution in [3.63, 3.8) is 0 Å². The zero-order valence-corrected chi connectivity index (χ0v) is 18.0. The van der Waals surface area contributed by atoms with Crippen LogP contribution in [0.3, 0.4) is 0 Å². The van der Waals surface area contributed by atoms with E-state index in [0.717, 1.165) is 27.9 Å². The average molecular weight is 422 g/mol. The molecular formula is C25H24ClNO3. The zero-order chi connectivity index (χ0) is 21.5. The van der Waals surface area contributed by atoms with Crippen LogP contribution in [-0.4, -0.2) is 13.0 Å². The molecule has 4 nitrogen and oxygen atoms in total. The SMILES string of the molecule is COc1cc(C=CC(=O)Nc2ccc(C)cc2C)ccc1OCc1ccc(Cl)cc1. The number of aryl methyl sites for hydroxylation is 2. The molecule has 0 atom stereocenters. The van der Waals surface area contributed by atoms with Gasteiger partial charge in [-0.3, -0.25) is 4.79 Å². The molecule has 0 heterocycles. The Balaban J connectivity index is 1.64. The fourth-order valence-electron chi connectivity index (χ4n) is 2.95. The number of methoxy groups -OCH3 is 1. The van der Waals surface area contributed by atoms with E-state index in [1.54, 1.807) is 13.2 Å². The third kappa shape index (κ3) is 5.88. The van der Waals surface area contributed by atoms with E-state index >= 15 is 0 Å². The van der Waals surface area contributed by atoms with Crippen LogP contribution in [0.1, 0.15) is 22.3 Å². The molecule has 0 unspecified atom stereocenters. The molecule has 30 heavy (non-hydrogen) atoms. The molecule has 154 valence electrons. The zero-order valence-electron chi connectivity index (χ0n) is 17.2. The van der Waals surface area contributed by atoms with Crippen molar-refractivity contribution < 1.29 is 14.3 Å². The van der Waals surface area contributed by atoms with E-state index in [-0.39, 0.29) is 5.91 Å². The fourth-order valence-corrected chi connectivity index (χ4v) is 3.07. The van der Waals surface area contributed by atoms with E-state index in [1.165, 1.54) is 6.08 Å². The summed E-state index contributed by atoms with van der Waals surface area (Å²) in [5.74, 6) is 1.04. The van der Waals surface area contributed by atoms with Gasteiger partial charge in [0.25, 0.3) is 0 Å². The van der Waals surface area contributed by atoms with Crippen molar-refractivity contribution in [1.82, 2.24) is 0 Å². The minimum atomic E-state index is -0.191. The van der Waals surface area contributed by atoms with Gasteiger partial charge in [-0.15, -0.1) is 0 Å². The molecule has 0 spiro atoms. The molecule has 1 N–H and O–H groups in total. The molecule has 0 aliphatic carbocycles. The lowest BCUT2D eigenvalue weighted by Crippen LogP contribution is -2.08. The van der Waals surface area contributed by atoms with Crippen LogP contribution in [0.2, 0.25) is 5.02 Å². The minimum Gasteiger partial charge on any atom is -0.493 e. The number of benzene rings is 3. The molecule has 0 aromatic heterocycles. The van der Waals surface area contributed by atoms with E-state index in [1.807, 2.05) is 74.5 Å². The second-order valence-electron chi connectivity index (χ2n) is 6.97. The number of ether oxygens (including phenoxy) is 2. The smallest absolute Gasteiger partial charge is 0.248 e. The normalized spacial score (nSPS) is 10.8. The third-order valence-electron chi connectivity index (χ3n) is 4.56. The summed E-state index contributed by atoms with van der Waals surface area (Å²) in [4.78, 5) is 12.3. The van der Waals surface area contributed by atoms with Crippen molar-refractivity contribution in [2.24, 2.45) is 0 Å². The van der Waals surface area contributed by atoms with Gasteiger partial charge in [-0.05, 0) is 66.9 Å². The number of carbonyl (C=O) groups is 1. The number of nitrogens with one attached hydrogen (secondary N) is 1. The van der Waals surface area contributed by atoms with Gasteiger partial charge in [0.15, 0.2) is 11.5 Å². The number of hydrogen-bond acceptors (Lipinski definition) is 3. The van der Waals surface area contributed by atoms with Crippen LogP contribution in [0.15, 0.2) is 66.7 Å². The highest BCUT2D eigenvalue weighted by atomic mass is 35.5. The van der Waals surface area contributed by atoms with Crippen LogP contribution in [0.5, 0.6) is 11.5 Å². The lowest BCUT2D eigenvalue weighted by atomic mass is 10.1. The molecule has 0 bridgehead atoms. The van der Waals surface area contributed by atoms with Gasteiger partial charge >= 0.3 is 0 Å². The minimum absolute atomic E-state index is 0.191. The molecule has 3 aromatic carbocycles. The second kappa shape index (κ2) is 9.99. The Hall–Kier alpha value is -3.24. The van der Waals surface area contributed by atoms with Crippen molar-refractivity contribution in [3.05, 3.63) is 94.0 Å². The largest absolute Gasteiger partial charge is 0.493 e. The monoisotopic (exact) mass is 421 g/mol. The summed E-state index contributed by atoms with van der Waals surface area (Å²) >= 11 is 5.91. The molecule has 0 radical (unpaired) electrons. The van der Waals surface area contributed by atoms with Crippen molar-refractivity contribution in [2.45, 2.75) is 20.5 Å². The molecule has 0 aliphatic rings. The number of halogens is 1. The molecule has 1 amide bonds. The number of anilines is 1. The van der Waals surface area contributed by atoms with Crippen molar-refractivity contribution in [2.75, 3.05) is 12.4 Å². The second-order valence-corrected chi connectivity index (χ2v) is 7.40. The maximum Gasteiger partial charge on any atom is 0.248 e. The van der Waals surface area contributed by atoms with Gasteiger partial charge in [-0.25, -0.2) is 0 Å². The van der Waals surface area contributed by atoms with Crippen LogP contribution in [0.25, 0.3) is 6.08 Å². The highest BCUT2D eigenvalue weighted by Gasteiger charge is 2.06. The van der Waals surface area contributed by atoms with E-state index in [2.05, 4.69) is 5.32 Å². The standard InChI is InChI=1S/C25H24ClNO3/c1-17-4-11-22(18(2)14-17)27-25(28)13-8-19-7-12-23(24(15-19)29-3)30-16-20-5-9-21(26)10-6-20/h4-15H,16H2,1-3H3,(H,27,28). The molecule has 0 saturated heterocycles. The summed E-state index contributed by atoms with van der Waals surface area (Å²) in [7, 11) is 1.59. The first-order valence-electron chi connectivity index (χ1n) is 9.56. The lowest BCUT2D eigenvalue weighted by Gasteiger charge is -2.11. The van der Waals surface area contributed by atoms with Gasteiger partial charge in [0.1, 0.15) is 6.61 Å². The molecular weight excluding hydrogens is 398 g/mol. The predicted octanol–water partition coefficient (Wildman–Crippen LogP) is 6.20. The number of amides is 1. The highest BCUT2D eigenvalue weighted by molar-refractivity contribution is 6.30. The Kier molecular flexibility index (Phi) is 7.15. The summed E-state index contributed by atoms with van der Waals surface area (Å²) in [6, 6.07) is 18.9. The van der Waals surface area contributed by atoms with Gasteiger partial charge in [0, 0.05) is 16.8 Å². The maximum atomic E-state index is 12.3.